The van der Waals surface area contributed by atoms with Gasteiger partial charge in [-0.05, 0) is 55.2 Å². The molecule has 0 atom stereocenters. The minimum atomic E-state index is -3.56. The van der Waals surface area contributed by atoms with Gasteiger partial charge in [0.15, 0.2) is 5.58 Å². The fraction of sp³-hybridized carbons (Fsp3) is 0.278. The zero-order valence-corrected chi connectivity index (χ0v) is 16.8. The molecule has 0 saturated carbocycles. The van der Waals surface area contributed by atoms with Crippen molar-refractivity contribution in [2.45, 2.75) is 18.1 Å². The Kier molecular flexibility index (Phi) is 5.48. The van der Waals surface area contributed by atoms with E-state index in [4.69, 9.17) is 16.6 Å². The smallest absolute Gasteiger partial charge is 0.270 e. The molecule has 0 radical (unpaired) electrons. The van der Waals surface area contributed by atoms with Crippen LogP contribution in [0.4, 0.5) is 4.39 Å². The van der Waals surface area contributed by atoms with Crippen molar-refractivity contribution >= 4 is 33.3 Å². The zero-order valence-electron chi connectivity index (χ0n) is 15.2. The molecule has 1 aromatic heterocycles. The lowest BCUT2D eigenvalue weighted by Gasteiger charge is -2.18. The van der Waals surface area contributed by atoms with Crippen molar-refractivity contribution in [2.24, 2.45) is 0 Å². The van der Waals surface area contributed by atoms with Gasteiger partial charge in [0, 0.05) is 20.6 Å². The van der Waals surface area contributed by atoms with Crippen molar-refractivity contribution in [1.82, 2.24) is 13.8 Å². The molecule has 0 N–H and O–H groups in total. The first-order chi connectivity index (χ1) is 12.7. The normalized spacial score (nSPS) is 12.4. The Labute approximate surface area is 162 Å². The Balaban J connectivity index is 1.92. The van der Waals surface area contributed by atoms with Crippen LogP contribution in [0, 0.1) is 10.7 Å². The standard InChI is InChI=1S/C18H20FN3O3S2/c1-20(2)27(23,24)15-8-9-17-16(10-15)22(18(26)25-17)12-21(3)11-13-4-6-14(19)7-5-13/h4-10H,11-12H2,1-3H3. The van der Waals surface area contributed by atoms with E-state index in [1.165, 1.54) is 32.3 Å². The third-order valence-electron chi connectivity index (χ3n) is 4.17. The van der Waals surface area contributed by atoms with E-state index in [-0.39, 0.29) is 15.6 Å². The Morgan fingerprint density at radius 3 is 2.41 bits per heavy atom. The quantitative estimate of drug-likeness (QED) is 0.584. The van der Waals surface area contributed by atoms with E-state index in [0.29, 0.717) is 24.3 Å². The van der Waals surface area contributed by atoms with E-state index in [2.05, 4.69) is 0 Å². The van der Waals surface area contributed by atoms with Crippen LogP contribution in [-0.2, 0) is 23.2 Å². The maximum Gasteiger partial charge on any atom is 0.270 e. The number of hydrogen-bond donors (Lipinski definition) is 0. The lowest BCUT2D eigenvalue weighted by atomic mass is 10.2. The van der Waals surface area contributed by atoms with Gasteiger partial charge >= 0.3 is 0 Å². The summed E-state index contributed by atoms with van der Waals surface area (Å²) in [5, 5.41) is 0. The molecular weight excluding hydrogens is 389 g/mol. The Bertz CT molecular complexity index is 1120. The van der Waals surface area contributed by atoms with Gasteiger partial charge in [-0.2, -0.15) is 0 Å². The third-order valence-corrected chi connectivity index (χ3v) is 6.28. The number of hydrogen-bond acceptors (Lipinski definition) is 5. The second-order valence-electron chi connectivity index (χ2n) is 6.50. The van der Waals surface area contributed by atoms with E-state index in [9.17, 15) is 12.8 Å². The van der Waals surface area contributed by atoms with Crippen LogP contribution in [0.15, 0.2) is 51.8 Å². The minimum absolute atomic E-state index is 0.172. The van der Waals surface area contributed by atoms with Gasteiger partial charge in [-0.15, -0.1) is 0 Å². The second-order valence-corrected chi connectivity index (χ2v) is 9.00. The first-order valence-electron chi connectivity index (χ1n) is 8.17. The maximum absolute atomic E-state index is 13.1. The fourth-order valence-electron chi connectivity index (χ4n) is 2.74. The molecule has 0 fully saturated rings. The number of sulfonamides is 1. The topological polar surface area (TPSA) is 58.7 Å². The molecule has 0 aliphatic heterocycles. The summed E-state index contributed by atoms with van der Waals surface area (Å²) < 4.78 is 46.3. The van der Waals surface area contributed by atoms with E-state index in [1.807, 2.05) is 11.9 Å². The predicted molar refractivity (Wildman–Crippen MR) is 104 cm³/mol. The molecule has 3 aromatic rings. The molecule has 2 aromatic carbocycles. The van der Waals surface area contributed by atoms with Crippen molar-refractivity contribution < 1.29 is 17.2 Å². The highest BCUT2D eigenvalue weighted by molar-refractivity contribution is 7.89. The van der Waals surface area contributed by atoms with Crippen LogP contribution in [-0.4, -0.2) is 43.3 Å². The molecule has 0 bridgehead atoms. The van der Waals surface area contributed by atoms with E-state index in [1.54, 1.807) is 28.8 Å². The molecule has 27 heavy (non-hydrogen) atoms. The molecule has 1 heterocycles. The number of rotatable bonds is 6. The lowest BCUT2D eigenvalue weighted by molar-refractivity contribution is 0.257. The molecule has 6 nitrogen and oxygen atoms in total. The summed E-state index contributed by atoms with van der Waals surface area (Å²) in [5.74, 6) is -0.279. The largest absolute Gasteiger partial charge is 0.429 e. The van der Waals surface area contributed by atoms with Gasteiger partial charge in [0.1, 0.15) is 5.82 Å². The molecule has 0 aliphatic rings. The van der Waals surface area contributed by atoms with E-state index >= 15 is 0 Å². The van der Waals surface area contributed by atoms with E-state index < -0.39 is 10.0 Å². The highest BCUT2D eigenvalue weighted by atomic mass is 32.2. The molecule has 3 rings (SSSR count). The van der Waals surface area contributed by atoms with Crippen molar-refractivity contribution in [3.63, 3.8) is 0 Å². The average molecular weight is 410 g/mol. The Hall–Kier alpha value is -2.07. The second kappa shape index (κ2) is 7.51. The summed E-state index contributed by atoms with van der Waals surface area (Å²) >= 11 is 5.30. The first-order valence-corrected chi connectivity index (χ1v) is 10.0. The SMILES string of the molecule is CN(Cc1ccc(F)cc1)Cn1c(=S)oc2ccc(S(=O)(=O)N(C)C)cc21. The maximum atomic E-state index is 13.1. The molecule has 144 valence electrons. The minimum Gasteiger partial charge on any atom is -0.429 e. The number of benzene rings is 2. The lowest BCUT2D eigenvalue weighted by Crippen LogP contribution is -2.23. The molecule has 9 heteroatoms. The number of aromatic nitrogens is 1. The van der Waals surface area contributed by atoms with Crippen LogP contribution in [0.3, 0.4) is 0 Å². The summed E-state index contributed by atoms with van der Waals surface area (Å²) in [6.07, 6.45) is 0. The Morgan fingerprint density at radius 2 is 1.78 bits per heavy atom. The highest BCUT2D eigenvalue weighted by Crippen LogP contribution is 2.23. The van der Waals surface area contributed by atoms with Crippen LogP contribution in [0.2, 0.25) is 0 Å². The van der Waals surface area contributed by atoms with Crippen LogP contribution in [0.1, 0.15) is 5.56 Å². The molecule has 0 spiro atoms. The number of fused-ring (bicyclic) bond motifs is 1. The van der Waals surface area contributed by atoms with E-state index in [0.717, 1.165) is 9.87 Å². The van der Waals surface area contributed by atoms with Crippen LogP contribution < -0.4 is 0 Å². The van der Waals surface area contributed by atoms with Gasteiger partial charge < -0.3 is 4.42 Å². The summed E-state index contributed by atoms with van der Waals surface area (Å²) in [7, 11) is 1.30. The average Bonchev–Trinajstić information content (AvgIpc) is 2.91. The Morgan fingerprint density at radius 1 is 1.11 bits per heavy atom. The molecular formula is C18H20FN3O3S2. The first kappa shape index (κ1) is 19.7. The summed E-state index contributed by atoms with van der Waals surface area (Å²) in [4.78, 5) is 2.41. The molecule has 0 saturated heterocycles. The summed E-state index contributed by atoms with van der Waals surface area (Å²) in [5.41, 5.74) is 2.08. The zero-order chi connectivity index (χ0) is 19.8. The van der Waals surface area contributed by atoms with Crippen molar-refractivity contribution in [3.8, 4) is 0 Å². The van der Waals surface area contributed by atoms with Gasteiger partial charge in [0.25, 0.3) is 4.84 Å². The van der Waals surface area contributed by atoms with Crippen molar-refractivity contribution in [3.05, 3.63) is 58.7 Å². The molecule has 0 aliphatic carbocycles. The molecule has 0 unspecified atom stereocenters. The van der Waals surface area contributed by atoms with Crippen LogP contribution in [0.25, 0.3) is 11.1 Å². The fourth-order valence-corrected chi connectivity index (χ4v) is 3.91. The highest BCUT2D eigenvalue weighted by Gasteiger charge is 2.19. The van der Waals surface area contributed by atoms with Crippen LogP contribution in [0.5, 0.6) is 0 Å². The van der Waals surface area contributed by atoms with Gasteiger partial charge in [-0.1, -0.05) is 12.1 Å². The predicted octanol–water partition coefficient (Wildman–Crippen LogP) is 3.44. The summed E-state index contributed by atoms with van der Waals surface area (Å²) in [6.45, 7) is 0.971. The van der Waals surface area contributed by atoms with Gasteiger partial charge in [-0.3, -0.25) is 9.47 Å². The number of halogens is 1. The van der Waals surface area contributed by atoms with Gasteiger partial charge in [0.05, 0.1) is 17.1 Å². The van der Waals surface area contributed by atoms with Crippen LogP contribution >= 0.6 is 12.2 Å². The van der Waals surface area contributed by atoms with Crippen molar-refractivity contribution in [1.29, 1.82) is 0 Å². The number of oxazole rings is 1. The monoisotopic (exact) mass is 409 g/mol. The summed E-state index contributed by atoms with van der Waals surface area (Å²) in [6, 6.07) is 11.0. The van der Waals surface area contributed by atoms with Crippen molar-refractivity contribution in [2.75, 3.05) is 21.1 Å². The third kappa shape index (κ3) is 4.11. The molecule has 0 amide bonds. The van der Waals surface area contributed by atoms with Gasteiger partial charge in [-0.25, -0.2) is 17.1 Å². The number of nitrogens with zero attached hydrogens (tertiary/aromatic N) is 3. The van der Waals surface area contributed by atoms with Gasteiger partial charge in [0.2, 0.25) is 10.0 Å².